The molecule has 1 aromatic carbocycles. The number of hydrogen-bond acceptors (Lipinski definition) is 6. The van der Waals surface area contributed by atoms with Crippen LogP contribution in [-0.2, 0) is 9.47 Å². The Morgan fingerprint density at radius 1 is 1.00 bits per heavy atom. The molecule has 1 aromatic heterocycles. The van der Waals surface area contributed by atoms with Crippen LogP contribution in [0, 0.1) is 5.82 Å². The molecule has 0 N–H and O–H groups in total. The van der Waals surface area contributed by atoms with E-state index in [1.807, 2.05) is 13.8 Å². The van der Waals surface area contributed by atoms with Gasteiger partial charge < -0.3 is 14.2 Å². The Balaban J connectivity index is 2.97. The SMILES string of the molecule is CCOC(=O)c1c(OC)nc(C(C)C)c(C(=O)OCC)c1-c1ccc(F)cc1. The van der Waals surface area contributed by atoms with Crippen molar-refractivity contribution in [3.8, 4) is 17.0 Å². The average Bonchev–Trinajstić information content (AvgIpc) is 2.67. The van der Waals surface area contributed by atoms with Crippen LogP contribution in [0.15, 0.2) is 24.3 Å². The number of ether oxygens (including phenoxy) is 3. The topological polar surface area (TPSA) is 74.7 Å². The largest absolute Gasteiger partial charge is 0.480 e. The minimum Gasteiger partial charge on any atom is -0.480 e. The highest BCUT2D eigenvalue weighted by Gasteiger charge is 2.31. The molecule has 150 valence electrons. The summed E-state index contributed by atoms with van der Waals surface area (Å²) in [5, 5.41) is 0. The van der Waals surface area contributed by atoms with Gasteiger partial charge in [0.15, 0.2) is 0 Å². The Morgan fingerprint density at radius 2 is 1.54 bits per heavy atom. The van der Waals surface area contributed by atoms with Crippen molar-refractivity contribution in [2.24, 2.45) is 0 Å². The zero-order valence-corrected chi connectivity index (χ0v) is 16.7. The van der Waals surface area contributed by atoms with Crippen LogP contribution in [0.25, 0.3) is 11.1 Å². The van der Waals surface area contributed by atoms with Crippen molar-refractivity contribution in [1.82, 2.24) is 4.98 Å². The average molecular weight is 389 g/mol. The summed E-state index contributed by atoms with van der Waals surface area (Å²) in [5.74, 6) is -1.87. The normalized spacial score (nSPS) is 10.7. The van der Waals surface area contributed by atoms with Gasteiger partial charge in [-0.05, 0) is 37.5 Å². The number of benzene rings is 1. The van der Waals surface area contributed by atoms with Crippen LogP contribution in [0.3, 0.4) is 0 Å². The number of aromatic nitrogens is 1. The van der Waals surface area contributed by atoms with Crippen LogP contribution >= 0.6 is 0 Å². The zero-order valence-electron chi connectivity index (χ0n) is 16.7. The van der Waals surface area contributed by atoms with Gasteiger partial charge in [0.25, 0.3) is 0 Å². The van der Waals surface area contributed by atoms with E-state index >= 15 is 0 Å². The molecule has 0 unspecified atom stereocenters. The van der Waals surface area contributed by atoms with Gasteiger partial charge in [-0.15, -0.1) is 0 Å². The van der Waals surface area contributed by atoms with Crippen molar-refractivity contribution in [3.63, 3.8) is 0 Å². The first-order valence-corrected chi connectivity index (χ1v) is 9.07. The fourth-order valence-corrected chi connectivity index (χ4v) is 2.85. The van der Waals surface area contributed by atoms with Crippen molar-refractivity contribution in [2.75, 3.05) is 20.3 Å². The van der Waals surface area contributed by atoms with Crippen LogP contribution in [0.5, 0.6) is 5.88 Å². The van der Waals surface area contributed by atoms with Gasteiger partial charge in [0, 0.05) is 5.56 Å². The van der Waals surface area contributed by atoms with Crippen LogP contribution in [-0.4, -0.2) is 37.2 Å². The summed E-state index contributed by atoms with van der Waals surface area (Å²) in [4.78, 5) is 30.0. The molecule has 0 bridgehead atoms. The zero-order chi connectivity index (χ0) is 20.8. The first-order chi connectivity index (χ1) is 13.3. The van der Waals surface area contributed by atoms with E-state index in [4.69, 9.17) is 14.2 Å². The minimum absolute atomic E-state index is 0.00316. The molecule has 0 amide bonds. The van der Waals surface area contributed by atoms with E-state index in [-0.39, 0.29) is 41.7 Å². The van der Waals surface area contributed by atoms with E-state index in [0.29, 0.717) is 11.3 Å². The predicted octanol–water partition coefficient (Wildman–Crippen LogP) is 4.37. The Kier molecular flexibility index (Phi) is 7.09. The molecule has 0 aliphatic heterocycles. The fourth-order valence-electron chi connectivity index (χ4n) is 2.85. The third-order valence-electron chi connectivity index (χ3n) is 4.02. The van der Waals surface area contributed by atoms with E-state index in [1.54, 1.807) is 13.8 Å². The van der Waals surface area contributed by atoms with Crippen LogP contribution in [0.4, 0.5) is 4.39 Å². The summed E-state index contributed by atoms with van der Waals surface area (Å²) < 4.78 is 29.2. The fraction of sp³-hybridized carbons (Fsp3) is 0.381. The number of methoxy groups -OCH3 is 1. The number of carbonyl (C=O) groups is 2. The van der Waals surface area contributed by atoms with Crippen molar-refractivity contribution in [1.29, 1.82) is 0 Å². The van der Waals surface area contributed by atoms with Gasteiger partial charge >= 0.3 is 11.9 Å². The van der Waals surface area contributed by atoms with Gasteiger partial charge in [0.1, 0.15) is 11.4 Å². The second-order valence-electron chi connectivity index (χ2n) is 6.23. The number of esters is 2. The molecule has 0 saturated heterocycles. The predicted molar refractivity (Wildman–Crippen MR) is 102 cm³/mol. The van der Waals surface area contributed by atoms with E-state index in [9.17, 15) is 14.0 Å². The van der Waals surface area contributed by atoms with Crippen molar-refractivity contribution in [2.45, 2.75) is 33.6 Å². The molecule has 0 radical (unpaired) electrons. The van der Waals surface area contributed by atoms with Gasteiger partial charge in [0.05, 0.1) is 31.6 Å². The molecule has 6 nitrogen and oxygen atoms in total. The van der Waals surface area contributed by atoms with Gasteiger partial charge in [-0.1, -0.05) is 26.0 Å². The molecule has 1 heterocycles. The number of rotatable bonds is 7. The van der Waals surface area contributed by atoms with Crippen molar-refractivity contribution >= 4 is 11.9 Å². The lowest BCUT2D eigenvalue weighted by Crippen LogP contribution is -2.19. The lowest BCUT2D eigenvalue weighted by molar-refractivity contribution is 0.0522. The molecule has 2 rings (SSSR count). The molecule has 0 fully saturated rings. The summed E-state index contributed by atoms with van der Waals surface area (Å²) in [6.07, 6.45) is 0. The third kappa shape index (κ3) is 4.30. The molecule has 7 heteroatoms. The summed E-state index contributed by atoms with van der Waals surface area (Å²) in [7, 11) is 1.38. The van der Waals surface area contributed by atoms with Crippen LogP contribution in [0.2, 0.25) is 0 Å². The van der Waals surface area contributed by atoms with Crippen LogP contribution in [0.1, 0.15) is 60.0 Å². The molecule has 28 heavy (non-hydrogen) atoms. The maximum atomic E-state index is 13.5. The maximum Gasteiger partial charge on any atom is 0.344 e. The van der Waals surface area contributed by atoms with Gasteiger partial charge in [-0.2, -0.15) is 0 Å². The number of pyridine rings is 1. The molecule has 0 spiro atoms. The highest BCUT2D eigenvalue weighted by molar-refractivity contribution is 6.08. The Hall–Kier alpha value is -2.96. The Bertz CT molecular complexity index is 862. The number of hydrogen-bond donors (Lipinski definition) is 0. The third-order valence-corrected chi connectivity index (χ3v) is 4.02. The van der Waals surface area contributed by atoms with E-state index in [1.165, 1.54) is 31.4 Å². The summed E-state index contributed by atoms with van der Waals surface area (Å²) >= 11 is 0. The van der Waals surface area contributed by atoms with Gasteiger partial charge in [-0.25, -0.2) is 19.0 Å². The quantitative estimate of drug-likeness (QED) is 0.655. The second kappa shape index (κ2) is 9.30. The lowest BCUT2D eigenvalue weighted by atomic mass is 9.90. The maximum absolute atomic E-state index is 13.5. The molecular weight excluding hydrogens is 365 g/mol. The number of carbonyl (C=O) groups excluding carboxylic acids is 2. The molecular formula is C21H24FNO5. The molecule has 0 saturated carbocycles. The Labute approximate surface area is 163 Å². The van der Waals surface area contributed by atoms with E-state index in [0.717, 1.165) is 0 Å². The highest BCUT2D eigenvalue weighted by atomic mass is 19.1. The van der Waals surface area contributed by atoms with E-state index < -0.39 is 17.8 Å². The first-order valence-electron chi connectivity index (χ1n) is 9.07. The summed E-state index contributed by atoms with van der Waals surface area (Å²) in [6, 6.07) is 5.47. The monoisotopic (exact) mass is 389 g/mol. The first kappa shape index (κ1) is 21.3. The molecule has 2 aromatic rings. The second-order valence-corrected chi connectivity index (χ2v) is 6.23. The number of nitrogens with zero attached hydrogens (tertiary/aromatic N) is 1. The molecule has 0 atom stereocenters. The van der Waals surface area contributed by atoms with Crippen molar-refractivity contribution in [3.05, 3.63) is 46.9 Å². The van der Waals surface area contributed by atoms with Crippen molar-refractivity contribution < 1.29 is 28.2 Å². The number of halogens is 1. The van der Waals surface area contributed by atoms with Gasteiger partial charge in [0.2, 0.25) is 5.88 Å². The standard InChI is InChI=1S/C21H24FNO5/c1-6-27-20(24)16-15(13-8-10-14(22)11-9-13)17(21(25)28-7-2)19(26-5)23-18(16)12(3)4/h8-12H,6-7H2,1-5H3. The minimum atomic E-state index is -0.688. The Morgan fingerprint density at radius 3 is 2.00 bits per heavy atom. The lowest BCUT2D eigenvalue weighted by Gasteiger charge is -2.20. The molecule has 0 aliphatic carbocycles. The van der Waals surface area contributed by atoms with E-state index in [2.05, 4.69) is 4.98 Å². The summed E-state index contributed by atoms with van der Waals surface area (Å²) in [6.45, 7) is 7.37. The molecule has 0 aliphatic rings. The smallest absolute Gasteiger partial charge is 0.344 e. The van der Waals surface area contributed by atoms with Gasteiger partial charge in [-0.3, -0.25) is 0 Å². The van der Waals surface area contributed by atoms with Crippen LogP contribution < -0.4 is 4.74 Å². The summed E-state index contributed by atoms with van der Waals surface area (Å²) in [5.41, 5.74) is 1.28. The highest BCUT2D eigenvalue weighted by Crippen LogP contribution is 2.38.